The molecule has 3 rings (SSSR count). The van der Waals surface area contributed by atoms with Crippen LogP contribution in [0.5, 0.6) is 5.75 Å². The molecule has 2 aromatic heterocycles. The highest BCUT2D eigenvalue weighted by atomic mass is 32.2. The lowest BCUT2D eigenvalue weighted by atomic mass is 10.1. The van der Waals surface area contributed by atoms with Gasteiger partial charge in [-0.3, -0.25) is 9.59 Å². The lowest BCUT2D eigenvalue weighted by Gasteiger charge is -2.15. The van der Waals surface area contributed by atoms with Gasteiger partial charge in [-0.15, -0.1) is 0 Å². The van der Waals surface area contributed by atoms with Gasteiger partial charge in [-0.2, -0.15) is 0 Å². The molecule has 0 atom stereocenters. The van der Waals surface area contributed by atoms with Gasteiger partial charge in [0.2, 0.25) is 11.3 Å². The van der Waals surface area contributed by atoms with Crippen molar-refractivity contribution in [1.82, 2.24) is 14.5 Å². The second-order valence-electron chi connectivity index (χ2n) is 6.96. The molecule has 0 fully saturated rings. The van der Waals surface area contributed by atoms with Crippen LogP contribution in [-0.2, 0) is 17.1 Å². The number of rotatable bonds is 7. The lowest BCUT2D eigenvalue weighted by molar-refractivity contribution is -0.116. The van der Waals surface area contributed by atoms with Gasteiger partial charge in [0.1, 0.15) is 6.54 Å². The van der Waals surface area contributed by atoms with Crippen molar-refractivity contribution in [3.63, 3.8) is 0 Å². The lowest BCUT2D eigenvalue weighted by Crippen LogP contribution is -2.23. The fourth-order valence-corrected chi connectivity index (χ4v) is 3.82. The van der Waals surface area contributed by atoms with Crippen LogP contribution in [0, 0.1) is 20.8 Å². The zero-order valence-electron chi connectivity index (χ0n) is 17.4. The number of nitrogens with one attached hydrogen (secondary N) is 1. The third-order valence-corrected chi connectivity index (χ3v) is 5.39. The van der Waals surface area contributed by atoms with Gasteiger partial charge in [0, 0.05) is 35.1 Å². The fourth-order valence-electron chi connectivity index (χ4n) is 2.95. The Bertz CT molecular complexity index is 1130. The normalized spacial score (nSPS) is 10.7. The van der Waals surface area contributed by atoms with Crippen LogP contribution in [0.4, 0.5) is 5.69 Å². The number of aromatic nitrogens is 3. The summed E-state index contributed by atoms with van der Waals surface area (Å²) in [6, 6.07) is 9.17. The van der Waals surface area contributed by atoms with E-state index in [1.807, 2.05) is 45.0 Å². The third-order valence-electron chi connectivity index (χ3n) is 4.49. The molecule has 156 valence electrons. The number of nitrogens with zero attached hydrogens (tertiary/aromatic N) is 3. The van der Waals surface area contributed by atoms with Gasteiger partial charge >= 0.3 is 0 Å². The van der Waals surface area contributed by atoms with Crippen molar-refractivity contribution in [3.8, 4) is 5.75 Å². The van der Waals surface area contributed by atoms with Gasteiger partial charge in [0.25, 0.3) is 0 Å². The average Bonchev–Trinajstić information content (AvgIpc) is 2.70. The van der Waals surface area contributed by atoms with Crippen LogP contribution in [0.15, 0.2) is 52.7 Å². The van der Waals surface area contributed by atoms with Crippen molar-refractivity contribution in [2.75, 3.05) is 12.4 Å². The molecule has 30 heavy (non-hydrogen) atoms. The largest absolute Gasteiger partial charge is 0.491 e. The van der Waals surface area contributed by atoms with Gasteiger partial charge in [0.05, 0.1) is 13.3 Å². The van der Waals surface area contributed by atoms with Gasteiger partial charge in [-0.1, -0.05) is 29.5 Å². The highest BCUT2D eigenvalue weighted by Crippen LogP contribution is 2.20. The minimum atomic E-state index is -0.232. The number of carbonyl (C=O) groups excluding carboxylic acids is 1. The Morgan fingerprint density at radius 1 is 1.20 bits per heavy atom. The van der Waals surface area contributed by atoms with E-state index in [2.05, 4.69) is 15.3 Å². The maximum Gasteiger partial charge on any atom is 0.244 e. The summed E-state index contributed by atoms with van der Waals surface area (Å²) < 4.78 is 6.88. The molecular formula is C22H24N4O3S. The molecule has 0 aliphatic carbocycles. The van der Waals surface area contributed by atoms with Crippen LogP contribution in [0.25, 0.3) is 0 Å². The minimum Gasteiger partial charge on any atom is -0.491 e. The van der Waals surface area contributed by atoms with Gasteiger partial charge < -0.3 is 14.6 Å². The zero-order chi connectivity index (χ0) is 21.7. The van der Waals surface area contributed by atoms with Crippen LogP contribution in [0.3, 0.4) is 0 Å². The predicted molar refractivity (Wildman–Crippen MR) is 118 cm³/mol. The van der Waals surface area contributed by atoms with Crippen LogP contribution >= 0.6 is 11.8 Å². The summed E-state index contributed by atoms with van der Waals surface area (Å²) in [6.07, 6.45) is 3.26. The smallest absolute Gasteiger partial charge is 0.244 e. The van der Waals surface area contributed by atoms with Crippen LogP contribution in [-0.4, -0.2) is 27.6 Å². The first-order valence-corrected chi connectivity index (χ1v) is 10.4. The maximum absolute atomic E-state index is 12.7. The summed E-state index contributed by atoms with van der Waals surface area (Å²) in [4.78, 5) is 33.6. The Balaban J connectivity index is 1.81. The molecule has 0 aliphatic rings. The zero-order valence-corrected chi connectivity index (χ0v) is 18.2. The molecule has 0 spiro atoms. The Kier molecular flexibility index (Phi) is 6.89. The number of pyridine rings is 1. The van der Waals surface area contributed by atoms with Crippen molar-refractivity contribution in [1.29, 1.82) is 0 Å². The molecule has 1 N–H and O–H groups in total. The Labute approximate surface area is 179 Å². The second kappa shape index (κ2) is 9.58. The van der Waals surface area contributed by atoms with E-state index in [1.165, 1.54) is 24.9 Å². The van der Waals surface area contributed by atoms with Crippen LogP contribution in [0.1, 0.15) is 22.5 Å². The Morgan fingerprint density at radius 2 is 2.00 bits per heavy atom. The average molecular weight is 425 g/mol. The van der Waals surface area contributed by atoms with Gasteiger partial charge in [-0.25, -0.2) is 9.97 Å². The van der Waals surface area contributed by atoms with E-state index in [4.69, 9.17) is 4.74 Å². The first kappa shape index (κ1) is 21.6. The number of benzene rings is 1. The molecular weight excluding hydrogens is 400 g/mol. The molecule has 1 amide bonds. The summed E-state index contributed by atoms with van der Waals surface area (Å²) >= 11 is 1.40. The van der Waals surface area contributed by atoms with Crippen LogP contribution in [0.2, 0.25) is 0 Å². The number of thioether (sulfide) groups is 1. The van der Waals surface area contributed by atoms with E-state index >= 15 is 0 Å². The number of anilines is 1. The van der Waals surface area contributed by atoms with Crippen molar-refractivity contribution >= 4 is 23.4 Å². The predicted octanol–water partition coefficient (Wildman–Crippen LogP) is 3.50. The molecule has 0 bridgehead atoms. The highest BCUT2D eigenvalue weighted by molar-refractivity contribution is 7.98. The maximum atomic E-state index is 12.7. The number of methoxy groups -OCH3 is 1. The monoisotopic (exact) mass is 424 g/mol. The molecule has 0 radical (unpaired) electrons. The molecule has 1 aromatic carbocycles. The quantitative estimate of drug-likeness (QED) is 0.461. The molecule has 0 aliphatic heterocycles. The number of aryl methyl sites for hydroxylation is 3. The number of hydrogen-bond donors (Lipinski definition) is 1. The van der Waals surface area contributed by atoms with Crippen molar-refractivity contribution in [2.45, 2.75) is 38.2 Å². The third kappa shape index (κ3) is 5.48. The van der Waals surface area contributed by atoms with E-state index in [1.54, 1.807) is 17.0 Å². The second-order valence-corrected chi connectivity index (χ2v) is 7.90. The highest BCUT2D eigenvalue weighted by Gasteiger charge is 2.13. The molecule has 0 saturated carbocycles. The molecule has 8 heteroatoms. The number of ether oxygens (including phenoxy) is 1. The minimum absolute atomic E-state index is 0.0501. The SMILES string of the molecule is COc1cn(CC(=O)Nc2ccc(C)cc2C)c(CSc2nccc(C)n2)cc1=O. The standard InChI is InChI=1S/C22H24N4O3S/c1-14-5-6-18(15(2)9-14)25-21(28)12-26-11-20(29-4)19(27)10-17(26)13-30-22-23-8-7-16(3)24-22/h5-11H,12-13H2,1-4H3,(H,25,28). The summed E-state index contributed by atoms with van der Waals surface area (Å²) in [7, 11) is 1.44. The topological polar surface area (TPSA) is 86.1 Å². The van der Waals surface area contributed by atoms with Gasteiger partial charge in [-0.05, 0) is 38.5 Å². The Morgan fingerprint density at radius 3 is 2.70 bits per heavy atom. The first-order chi connectivity index (χ1) is 14.4. The van der Waals surface area contributed by atoms with E-state index in [0.717, 1.165) is 22.5 Å². The summed E-state index contributed by atoms with van der Waals surface area (Å²) in [5.41, 5.74) is 4.22. The van der Waals surface area contributed by atoms with E-state index in [9.17, 15) is 9.59 Å². The van der Waals surface area contributed by atoms with E-state index in [-0.39, 0.29) is 23.6 Å². The summed E-state index contributed by atoms with van der Waals surface area (Å²) in [5.74, 6) is 0.445. The fraction of sp³-hybridized carbons (Fsp3) is 0.273. The number of hydrogen-bond acceptors (Lipinski definition) is 6. The van der Waals surface area contributed by atoms with E-state index in [0.29, 0.717) is 16.6 Å². The van der Waals surface area contributed by atoms with Gasteiger partial charge in [0.15, 0.2) is 10.9 Å². The first-order valence-electron chi connectivity index (χ1n) is 9.42. The summed E-state index contributed by atoms with van der Waals surface area (Å²) in [6.45, 7) is 5.91. The Hall–Kier alpha value is -3.13. The summed E-state index contributed by atoms with van der Waals surface area (Å²) in [5, 5.41) is 3.55. The molecule has 0 unspecified atom stereocenters. The van der Waals surface area contributed by atoms with Crippen molar-refractivity contribution in [2.24, 2.45) is 0 Å². The number of carbonyl (C=O) groups is 1. The molecule has 2 heterocycles. The number of amides is 1. The molecule has 0 saturated heterocycles. The van der Waals surface area contributed by atoms with Crippen molar-refractivity contribution in [3.05, 3.63) is 75.5 Å². The molecule has 3 aromatic rings. The van der Waals surface area contributed by atoms with E-state index < -0.39 is 0 Å². The van der Waals surface area contributed by atoms with Crippen molar-refractivity contribution < 1.29 is 9.53 Å². The molecule has 7 nitrogen and oxygen atoms in total. The van der Waals surface area contributed by atoms with Crippen LogP contribution < -0.4 is 15.5 Å².